The summed E-state index contributed by atoms with van der Waals surface area (Å²) in [5, 5.41) is 3.43. The molecule has 1 amide bonds. The standard InChI is InChI=1S/C15H30N2O/c1-11(2)9-17(10-12(3)4)15(18)14-7-6-8-16-13(14)5/h11-14,16H,6-10H2,1-5H3. The smallest absolute Gasteiger partial charge is 0.227 e. The minimum atomic E-state index is 0.177. The van der Waals surface area contributed by atoms with Crippen molar-refractivity contribution in [2.75, 3.05) is 19.6 Å². The van der Waals surface area contributed by atoms with Crippen molar-refractivity contribution in [3.8, 4) is 0 Å². The summed E-state index contributed by atoms with van der Waals surface area (Å²) in [5.74, 6) is 1.62. The Morgan fingerprint density at radius 3 is 2.22 bits per heavy atom. The summed E-state index contributed by atoms with van der Waals surface area (Å²) in [5.41, 5.74) is 0. The molecule has 106 valence electrons. The largest absolute Gasteiger partial charge is 0.342 e. The average Bonchev–Trinajstić information content (AvgIpc) is 2.26. The first-order chi connectivity index (χ1) is 8.41. The van der Waals surface area contributed by atoms with Crippen molar-refractivity contribution in [1.82, 2.24) is 10.2 Å². The lowest BCUT2D eigenvalue weighted by molar-refractivity contribution is -0.138. The molecule has 1 aliphatic heterocycles. The zero-order valence-corrected chi connectivity index (χ0v) is 12.7. The Hall–Kier alpha value is -0.570. The highest BCUT2D eigenvalue weighted by Gasteiger charge is 2.31. The maximum absolute atomic E-state index is 12.7. The molecule has 0 aromatic rings. The minimum absolute atomic E-state index is 0.177. The van der Waals surface area contributed by atoms with Gasteiger partial charge in [0.1, 0.15) is 0 Å². The van der Waals surface area contributed by atoms with Crippen LogP contribution in [0.4, 0.5) is 0 Å². The number of rotatable bonds is 5. The molecule has 1 saturated heterocycles. The predicted molar refractivity (Wildman–Crippen MR) is 76.4 cm³/mol. The van der Waals surface area contributed by atoms with Gasteiger partial charge in [-0.2, -0.15) is 0 Å². The number of carbonyl (C=O) groups excluding carboxylic acids is 1. The quantitative estimate of drug-likeness (QED) is 0.817. The van der Waals surface area contributed by atoms with Crippen molar-refractivity contribution >= 4 is 5.91 Å². The van der Waals surface area contributed by atoms with E-state index in [1.54, 1.807) is 0 Å². The highest BCUT2D eigenvalue weighted by molar-refractivity contribution is 5.79. The maximum atomic E-state index is 12.7. The van der Waals surface area contributed by atoms with Gasteiger partial charge in [-0.1, -0.05) is 27.7 Å². The minimum Gasteiger partial charge on any atom is -0.342 e. The lowest BCUT2D eigenvalue weighted by Gasteiger charge is -2.35. The fourth-order valence-electron chi connectivity index (χ4n) is 2.75. The summed E-state index contributed by atoms with van der Waals surface area (Å²) in [6.07, 6.45) is 2.16. The van der Waals surface area contributed by atoms with Crippen molar-refractivity contribution in [3.63, 3.8) is 0 Å². The van der Waals surface area contributed by atoms with Gasteiger partial charge in [-0.15, -0.1) is 0 Å². The first kappa shape index (κ1) is 15.5. The van der Waals surface area contributed by atoms with E-state index in [9.17, 15) is 4.79 Å². The number of amides is 1. The third-order valence-electron chi connectivity index (χ3n) is 3.56. The third kappa shape index (κ3) is 4.60. The van der Waals surface area contributed by atoms with Crippen LogP contribution in [0.5, 0.6) is 0 Å². The predicted octanol–water partition coefficient (Wildman–Crippen LogP) is 2.52. The van der Waals surface area contributed by atoms with E-state index in [0.29, 0.717) is 23.8 Å². The van der Waals surface area contributed by atoms with E-state index in [-0.39, 0.29) is 5.92 Å². The molecule has 1 heterocycles. The fourth-order valence-corrected chi connectivity index (χ4v) is 2.75. The Kier molecular flexibility index (Phi) is 6.13. The van der Waals surface area contributed by atoms with Gasteiger partial charge < -0.3 is 10.2 Å². The molecule has 0 aliphatic carbocycles. The van der Waals surface area contributed by atoms with E-state index in [1.165, 1.54) is 0 Å². The van der Waals surface area contributed by atoms with Gasteiger partial charge in [0.15, 0.2) is 0 Å². The summed E-state index contributed by atoms with van der Waals surface area (Å²) in [6.45, 7) is 13.7. The Bertz CT molecular complexity index is 253. The summed E-state index contributed by atoms with van der Waals surface area (Å²) in [7, 11) is 0. The number of piperidine rings is 1. The molecule has 1 fully saturated rings. The van der Waals surface area contributed by atoms with Crippen LogP contribution in [0.3, 0.4) is 0 Å². The van der Waals surface area contributed by atoms with Gasteiger partial charge in [0.05, 0.1) is 5.92 Å². The van der Waals surface area contributed by atoms with E-state index in [2.05, 4.69) is 44.8 Å². The molecule has 2 unspecified atom stereocenters. The molecule has 0 spiro atoms. The van der Waals surface area contributed by atoms with Gasteiger partial charge in [-0.05, 0) is 38.1 Å². The van der Waals surface area contributed by atoms with E-state index in [0.717, 1.165) is 32.5 Å². The Labute approximate surface area is 112 Å². The van der Waals surface area contributed by atoms with Crippen molar-refractivity contribution in [1.29, 1.82) is 0 Å². The SMILES string of the molecule is CC(C)CN(CC(C)C)C(=O)C1CCCNC1C. The molecule has 0 aromatic carbocycles. The molecule has 0 saturated carbocycles. The number of carbonyl (C=O) groups is 1. The molecule has 1 N–H and O–H groups in total. The second-order valence-electron chi connectivity index (χ2n) is 6.52. The molecule has 0 radical (unpaired) electrons. The number of nitrogens with one attached hydrogen (secondary N) is 1. The van der Waals surface area contributed by atoms with E-state index < -0.39 is 0 Å². The molecule has 0 bridgehead atoms. The van der Waals surface area contributed by atoms with Crippen LogP contribution in [0.15, 0.2) is 0 Å². The first-order valence-corrected chi connectivity index (χ1v) is 7.44. The van der Waals surface area contributed by atoms with Crippen molar-refractivity contribution in [2.24, 2.45) is 17.8 Å². The highest BCUT2D eigenvalue weighted by Crippen LogP contribution is 2.20. The van der Waals surface area contributed by atoms with Gasteiger partial charge in [-0.25, -0.2) is 0 Å². The van der Waals surface area contributed by atoms with Gasteiger partial charge in [-0.3, -0.25) is 4.79 Å². The van der Waals surface area contributed by atoms with Crippen LogP contribution < -0.4 is 5.32 Å². The fraction of sp³-hybridized carbons (Fsp3) is 0.933. The third-order valence-corrected chi connectivity index (χ3v) is 3.56. The molecule has 3 heteroatoms. The van der Waals surface area contributed by atoms with Gasteiger partial charge in [0.25, 0.3) is 0 Å². The van der Waals surface area contributed by atoms with Crippen molar-refractivity contribution in [2.45, 2.75) is 53.5 Å². The topological polar surface area (TPSA) is 32.3 Å². The molecule has 1 aliphatic rings. The van der Waals surface area contributed by atoms with Crippen LogP contribution in [0.2, 0.25) is 0 Å². The second-order valence-corrected chi connectivity index (χ2v) is 6.52. The van der Waals surface area contributed by atoms with Gasteiger partial charge in [0.2, 0.25) is 5.91 Å². The van der Waals surface area contributed by atoms with Crippen LogP contribution in [0.25, 0.3) is 0 Å². The maximum Gasteiger partial charge on any atom is 0.227 e. The zero-order chi connectivity index (χ0) is 13.7. The summed E-state index contributed by atoms with van der Waals surface area (Å²) in [4.78, 5) is 14.8. The number of nitrogens with zero attached hydrogens (tertiary/aromatic N) is 1. The average molecular weight is 254 g/mol. The number of hydrogen-bond donors (Lipinski definition) is 1. The molecule has 2 atom stereocenters. The summed E-state index contributed by atoms with van der Waals surface area (Å²) >= 11 is 0. The van der Waals surface area contributed by atoms with E-state index in [4.69, 9.17) is 0 Å². The first-order valence-electron chi connectivity index (χ1n) is 7.44. The molecular weight excluding hydrogens is 224 g/mol. The van der Waals surface area contributed by atoms with Crippen molar-refractivity contribution in [3.05, 3.63) is 0 Å². The van der Waals surface area contributed by atoms with Crippen LogP contribution in [-0.4, -0.2) is 36.5 Å². The summed E-state index contributed by atoms with van der Waals surface area (Å²) in [6, 6.07) is 0.327. The molecule has 3 nitrogen and oxygen atoms in total. The zero-order valence-electron chi connectivity index (χ0n) is 12.7. The van der Waals surface area contributed by atoms with Crippen molar-refractivity contribution < 1.29 is 4.79 Å². The van der Waals surface area contributed by atoms with E-state index >= 15 is 0 Å². The van der Waals surface area contributed by atoms with Crippen LogP contribution in [0, 0.1) is 17.8 Å². The monoisotopic (exact) mass is 254 g/mol. The molecule has 0 aromatic heterocycles. The van der Waals surface area contributed by atoms with Crippen LogP contribution >= 0.6 is 0 Å². The van der Waals surface area contributed by atoms with E-state index in [1.807, 2.05) is 0 Å². The Balaban J connectivity index is 2.67. The molecule has 1 rings (SSSR count). The lowest BCUT2D eigenvalue weighted by atomic mass is 9.90. The van der Waals surface area contributed by atoms with Crippen LogP contribution in [-0.2, 0) is 4.79 Å². The van der Waals surface area contributed by atoms with Gasteiger partial charge in [0, 0.05) is 19.1 Å². The lowest BCUT2D eigenvalue weighted by Crippen LogP contribution is -2.49. The summed E-state index contributed by atoms with van der Waals surface area (Å²) < 4.78 is 0. The molecule has 18 heavy (non-hydrogen) atoms. The normalized spacial score (nSPS) is 24.6. The van der Waals surface area contributed by atoms with Crippen LogP contribution in [0.1, 0.15) is 47.5 Å². The molecular formula is C15H30N2O. The van der Waals surface area contributed by atoms with Gasteiger partial charge >= 0.3 is 0 Å². The number of hydrogen-bond acceptors (Lipinski definition) is 2. The second kappa shape index (κ2) is 7.13. The Morgan fingerprint density at radius 2 is 1.78 bits per heavy atom. The highest BCUT2D eigenvalue weighted by atomic mass is 16.2. The Morgan fingerprint density at radius 1 is 1.22 bits per heavy atom.